The fourth-order valence-electron chi connectivity index (χ4n) is 2.49. The fourth-order valence-corrected chi connectivity index (χ4v) is 2.49. The summed E-state index contributed by atoms with van der Waals surface area (Å²) in [5.74, 6) is -2.78. The van der Waals surface area contributed by atoms with E-state index in [1.165, 1.54) is 6.07 Å². The fraction of sp³-hybridized carbons (Fsp3) is 0.0476. The number of hydrogen-bond donors (Lipinski definition) is 3. The van der Waals surface area contributed by atoms with E-state index in [4.69, 9.17) is 0 Å². The summed E-state index contributed by atoms with van der Waals surface area (Å²) < 4.78 is 26.2. The second-order valence-electron chi connectivity index (χ2n) is 5.90. The molecule has 0 saturated heterocycles. The highest BCUT2D eigenvalue weighted by molar-refractivity contribution is 6.10. The third-order valence-corrected chi connectivity index (χ3v) is 3.85. The van der Waals surface area contributed by atoms with E-state index in [1.807, 2.05) is 6.07 Å². The lowest BCUT2D eigenvalue weighted by molar-refractivity contribution is -0.114. The average molecular weight is 381 g/mol. The quantitative estimate of drug-likeness (QED) is 0.597. The molecular weight excluding hydrogens is 364 g/mol. The van der Waals surface area contributed by atoms with Gasteiger partial charge in [-0.15, -0.1) is 0 Å². The van der Waals surface area contributed by atoms with Crippen LogP contribution in [-0.4, -0.2) is 18.4 Å². The first-order chi connectivity index (χ1) is 13.5. The molecule has 0 bridgehead atoms. The van der Waals surface area contributed by atoms with Gasteiger partial charge >= 0.3 is 0 Å². The predicted octanol–water partition coefficient (Wildman–Crippen LogP) is 4.27. The summed E-state index contributed by atoms with van der Waals surface area (Å²) in [6.45, 7) is -0.181. The molecular formula is C21H17F2N3O2. The second-order valence-corrected chi connectivity index (χ2v) is 5.90. The van der Waals surface area contributed by atoms with Crippen LogP contribution in [0.4, 0.5) is 25.8 Å². The Morgan fingerprint density at radius 1 is 0.750 bits per heavy atom. The topological polar surface area (TPSA) is 70.2 Å². The average Bonchev–Trinajstić information content (AvgIpc) is 2.70. The molecule has 0 radical (unpaired) electrons. The van der Waals surface area contributed by atoms with Gasteiger partial charge in [0.05, 0.1) is 17.8 Å². The molecule has 7 heteroatoms. The summed E-state index contributed by atoms with van der Waals surface area (Å²) >= 11 is 0. The Morgan fingerprint density at radius 2 is 1.46 bits per heavy atom. The Kier molecular flexibility index (Phi) is 5.96. The zero-order valence-electron chi connectivity index (χ0n) is 14.7. The summed E-state index contributed by atoms with van der Waals surface area (Å²) in [5, 5.41) is 8.10. The van der Waals surface area contributed by atoms with Crippen LogP contribution >= 0.6 is 0 Å². The van der Waals surface area contributed by atoms with Crippen molar-refractivity contribution >= 4 is 28.9 Å². The van der Waals surface area contributed by atoms with Gasteiger partial charge in [-0.1, -0.05) is 30.3 Å². The van der Waals surface area contributed by atoms with E-state index in [9.17, 15) is 18.4 Å². The van der Waals surface area contributed by atoms with Crippen LogP contribution in [0.2, 0.25) is 0 Å². The smallest absolute Gasteiger partial charge is 0.257 e. The normalized spacial score (nSPS) is 10.2. The van der Waals surface area contributed by atoms with Crippen LogP contribution in [0.1, 0.15) is 10.4 Å². The highest BCUT2D eigenvalue weighted by Crippen LogP contribution is 2.18. The van der Waals surface area contributed by atoms with Gasteiger partial charge in [0, 0.05) is 17.4 Å². The molecule has 0 atom stereocenters. The van der Waals surface area contributed by atoms with Crippen LogP contribution in [0.25, 0.3) is 0 Å². The zero-order chi connectivity index (χ0) is 19.9. The van der Waals surface area contributed by atoms with E-state index in [2.05, 4.69) is 16.0 Å². The highest BCUT2D eigenvalue weighted by Gasteiger charge is 2.13. The lowest BCUT2D eigenvalue weighted by Crippen LogP contribution is -2.24. The van der Waals surface area contributed by atoms with Crippen molar-refractivity contribution < 1.29 is 18.4 Å². The molecule has 142 valence electrons. The van der Waals surface area contributed by atoms with E-state index >= 15 is 0 Å². The molecule has 0 aliphatic heterocycles. The molecule has 0 spiro atoms. The van der Waals surface area contributed by atoms with Crippen LogP contribution in [0.3, 0.4) is 0 Å². The van der Waals surface area contributed by atoms with Gasteiger partial charge in [0.25, 0.3) is 5.91 Å². The van der Waals surface area contributed by atoms with E-state index in [1.54, 1.807) is 48.5 Å². The maximum Gasteiger partial charge on any atom is 0.257 e. The van der Waals surface area contributed by atoms with Crippen LogP contribution in [0.5, 0.6) is 0 Å². The number of carbonyl (C=O) groups is 2. The van der Waals surface area contributed by atoms with Gasteiger partial charge in [-0.25, -0.2) is 8.78 Å². The van der Waals surface area contributed by atoms with Crippen molar-refractivity contribution in [1.29, 1.82) is 0 Å². The number of para-hydroxylation sites is 2. The van der Waals surface area contributed by atoms with Crippen LogP contribution in [0, 0.1) is 11.6 Å². The summed E-state index contributed by atoms with van der Waals surface area (Å²) in [4.78, 5) is 24.7. The van der Waals surface area contributed by atoms with Crippen LogP contribution in [-0.2, 0) is 4.79 Å². The SMILES string of the molecule is O=C(CNc1ccc(F)c(F)c1)Nc1ccccc1C(=O)Nc1ccccc1. The number of amides is 2. The standard InChI is InChI=1S/C21H17F2N3O2/c22-17-11-10-15(12-18(17)23)24-13-20(27)26-19-9-5-4-8-16(19)21(28)25-14-6-2-1-3-7-14/h1-12,24H,13H2,(H,25,28)(H,26,27). The summed E-state index contributed by atoms with van der Waals surface area (Å²) in [5.41, 5.74) is 1.54. The summed E-state index contributed by atoms with van der Waals surface area (Å²) in [6, 6.07) is 18.8. The minimum absolute atomic E-state index is 0.181. The van der Waals surface area contributed by atoms with Crippen LogP contribution < -0.4 is 16.0 Å². The van der Waals surface area contributed by atoms with Crippen molar-refractivity contribution in [2.75, 3.05) is 22.5 Å². The first kappa shape index (κ1) is 19.0. The Balaban J connectivity index is 1.64. The molecule has 0 aromatic heterocycles. The Hall–Kier alpha value is -3.74. The first-order valence-corrected chi connectivity index (χ1v) is 8.47. The second kappa shape index (κ2) is 8.77. The largest absolute Gasteiger partial charge is 0.376 e. The van der Waals surface area contributed by atoms with E-state index in [-0.39, 0.29) is 18.1 Å². The molecule has 0 saturated carbocycles. The molecule has 0 aliphatic carbocycles. The number of nitrogens with one attached hydrogen (secondary N) is 3. The maximum absolute atomic E-state index is 13.2. The monoisotopic (exact) mass is 381 g/mol. The highest BCUT2D eigenvalue weighted by atomic mass is 19.2. The van der Waals surface area contributed by atoms with Crippen molar-refractivity contribution in [3.8, 4) is 0 Å². The molecule has 3 rings (SSSR count). The Bertz CT molecular complexity index is 994. The third-order valence-electron chi connectivity index (χ3n) is 3.85. The van der Waals surface area contributed by atoms with Gasteiger partial charge in [-0.3, -0.25) is 9.59 Å². The Labute approximate surface area is 160 Å². The summed E-state index contributed by atoms with van der Waals surface area (Å²) in [6.07, 6.45) is 0. The van der Waals surface area contributed by atoms with Crippen molar-refractivity contribution in [3.05, 3.63) is 90.0 Å². The number of carbonyl (C=O) groups excluding carboxylic acids is 2. The third kappa shape index (κ3) is 4.91. The minimum Gasteiger partial charge on any atom is -0.376 e. The molecule has 0 aliphatic rings. The minimum atomic E-state index is -1.01. The van der Waals surface area contributed by atoms with Gasteiger partial charge in [-0.2, -0.15) is 0 Å². The number of hydrogen-bond acceptors (Lipinski definition) is 3. The molecule has 5 nitrogen and oxygen atoms in total. The maximum atomic E-state index is 13.2. The number of anilines is 3. The lowest BCUT2D eigenvalue weighted by atomic mass is 10.1. The molecule has 3 N–H and O–H groups in total. The Morgan fingerprint density at radius 3 is 2.21 bits per heavy atom. The molecule has 2 amide bonds. The summed E-state index contributed by atoms with van der Waals surface area (Å²) in [7, 11) is 0. The van der Waals surface area contributed by atoms with E-state index in [0.29, 0.717) is 16.9 Å². The number of rotatable bonds is 6. The van der Waals surface area contributed by atoms with Gasteiger partial charge < -0.3 is 16.0 Å². The van der Waals surface area contributed by atoms with Crippen molar-refractivity contribution in [2.45, 2.75) is 0 Å². The number of halogens is 2. The van der Waals surface area contributed by atoms with Crippen molar-refractivity contribution in [1.82, 2.24) is 0 Å². The van der Waals surface area contributed by atoms with Gasteiger partial charge in [0.15, 0.2) is 11.6 Å². The van der Waals surface area contributed by atoms with E-state index in [0.717, 1.165) is 12.1 Å². The van der Waals surface area contributed by atoms with Crippen molar-refractivity contribution in [2.24, 2.45) is 0 Å². The lowest BCUT2D eigenvalue weighted by Gasteiger charge is -2.12. The molecule has 3 aromatic carbocycles. The first-order valence-electron chi connectivity index (χ1n) is 8.47. The molecule has 0 heterocycles. The van der Waals surface area contributed by atoms with E-state index < -0.39 is 17.5 Å². The number of benzene rings is 3. The van der Waals surface area contributed by atoms with Gasteiger partial charge in [0.1, 0.15) is 0 Å². The van der Waals surface area contributed by atoms with Crippen molar-refractivity contribution in [3.63, 3.8) is 0 Å². The molecule has 3 aromatic rings. The zero-order valence-corrected chi connectivity index (χ0v) is 14.7. The van der Waals surface area contributed by atoms with Gasteiger partial charge in [0.2, 0.25) is 5.91 Å². The molecule has 28 heavy (non-hydrogen) atoms. The molecule has 0 fully saturated rings. The predicted molar refractivity (Wildman–Crippen MR) is 104 cm³/mol. The molecule has 0 unspecified atom stereocenters. The van der Waals surface area contributed by atoms with Crippen LogP contribution in [0.15, 0.2) is 72.8 Å². The van der Waals surface area contributed by atoms with Gasteiger partial charge in [-0.05, 0) is 36.4 Å².